The summed E-state index contributed by atoms with van der Waals surface area (Å²) in [6, 6.07) is 11.8. The molecule has 0 saturated carbocycles. The number of aliphatic carboxylic acids is 1. The van der Waals surface area contributed by atoms with Gasteiger partial charge < -0.3 is 36.8 Å². The van der Waals surface area contributed by atoms with Crippen molar-refractivity contribution in [3.05, 3.63) is 102 Å². The molecule has 2 N–H and O–H groups in total. The van der Waals surface area contributed by atoms with Gasteiger partial charge in [0, 0.05) is 24.1 Å². The minimum absolute atomic E-state index is 0. The monoisotopic (exact) mass is 756 g/mol. The quantitative estimate of drug-likeness (QED) is 0.0342. The molecule has 260 valence electrons. The number of esters is 6. The Morgan fingerprint density at radius 1 is 0.804 bits per heavy atom. The predicted octanol–water partition coefficient (Wildman–Crippen LogP) is -2.18. The van der Waals surface area contributed by atoms with Crippen molar-refractivity contribution in [2.45, 2.75) is 51.2 Å². The number of para-hydroxylation sites is 1. The second-order valence-corrected chi connectivity index (χ2v) is 10.3. The van der Waals surface area contributed by atoms with Crippen LogP contribution in [-0.4, -0.2) is 63.7 Å². The molecule has 1 heterocycles. The first-order chi connectivity index (χ1) is 23.3. The largest absolute Gasteiger partial charge is 1.00 e. The Morgan fingerprint density at radius 2 is 1.39 bits per heavy atom. The van der Waals surface area contributed by atoms with Crippen LogP contribution in [0.25, 0.3) is 0 Å². The molecule has 2 aromatic carbocycles. The van der Waals surface area contributed by atoms with E-state index in [2.05, 4.69) is 9.47 Å². The van der Waals surface area contributed by atoms with Gasteiger partial charge in [-0.15, -0.1) is 0 Å². The number of rotatable bonds is 14. The second-order valence-electron chi connectivity index (χ2n) is 10.3. The second kappa shape index (κ2) is 22.9. The number of benzene rings is 2. The molecular formula is C35H34K2O14. The zero-order chi connectivity index (χ0) is 36.0. The Morgan fingerprint density at radius 3 is 2.02 bits per heavy atom. The van der Waals surface area contributed by atoms with E-state index in [1.165, 1.54) is 36.4 Å². The Bertz CT molecular complexity index is 1760. The molecular weight excluding hydrogens is 723 g/mol. The van der Waals surface area contributed by atoms with Gasteiger partial charge in [-0.1, -0.05) is 60.7 Å². The molecule has 2 atom stereocenters. The van der Waals surface area contributed by atoms with Crippen LogP contribution in [-0.2, 0) is 54.2 Å². The van der Waals surface area contributed by atoms with Crippen LogP contribution in [0, 0.1) is 0 Å². The van der Waals surface area contributed by atoms with Crippen molar-refractivity contribution in [3.8, 4) is 17.2 Å². The number of carbonyl (C=O) groups is 7. The summed E-state index contributed by atoms with van der Waals surface area (Å²) in [5, 5.41) is 20.6. The molecule has 0 bridgehead atoms. The number of fused-ring (bicyclic) bond motifs is 2. The average Bonchev–Trinajstić information content (AvgIpc) is 3.03. The number of allylic oxidation sites excluding steroid dienone is 6. The summed E-state index contributed by atoms with van der Waals surface area (Å²) in [5.41, 5.74) is -1.84. The predicted molar refractivity (Wildman–Crippen MR) is 170 cm³/mol. The van der Waals surface area contributed by atoms with Gasteiger partial charge >= 0.3 is 145 Å². The van der Waals surface area contributed by atoms with E-state index in [-0.39, 0.29) is 111 Å². The molecule has 1 aliphatic rings. The number of ether oxygens (including phenoxy) is 5. The molecule has 0 amide bonds. The van der Waals surface area contributed by atoms with Crippen molar-refractivity contribution in [1.82, 2.24) is 0 Å². The van der Waals surface area contributed by atoms with Crippen molar-refractivity contribution in [2.24, 2.45) is 0 Å². The van der Waals surface area contributed by atoms with E-state index in [0.717, 1.165) is 17.7 Å². The maximum Gasteiger partial charge on any atom is 1.00 e. The molecule has 0 aliphatic carbocycles. The van der Waals surface area contributed by atoms with Gasteiger partial charge in [-0.25, -0.2) is 19.2 Å². The normalized spacial score (nSPS) is 13.4. The molecule has 14 nitrogen and oxygen atoms in total. The van der Waals surface area contributed by atoms with Crippen molar-refractivity contribution in [2.75, 3.05) is 0 Å². The van der Waals surface area contributed by atoms with Crippen molar-refractivity contribution in [1.29, 1.82) is 0 Å². The molecule has 1 aliphatic heterocycles. The molecule has 0 radical (unpaired) electrons. The Kier molecular flexibility index (Phi) is 20.7. The van der Waals surface area contributed by atoms with E-state index in [0.29, 0.717) is 23.5 Å². The molecule has 16 heteroatoms. The van der Waals surface area contributed by atoms with Crippen molar-refractivity contribution >= 4 is 41.8 Å². The van der Waals surface area contributed by atoms with Crippen LogP contribution in [0.2, 0.25) is 0 Å². The Hall–Kier alpha value is -2.88. The minimum atomic E-state index is -3.11. The summed E-state index contributed by atoms with van der Waals surface area (Å²) >= 11 is 0. The van der Waals surface area contributed by atoms with Crippen LogP contribution in [0.5, 0.6) is 17.2 Å². The summed E-state index contributed by atoms with van der Waals surface area (Å²) in [5.74, 6) is -9.14. The minimum Gasteiger partial charge on any atom is -1.00 e. The summed E-state index contributed by atoms with van der Waals surface area (Å²) in [6.07, 6.45) is 4.53. The van der Waals surface area contributed by atoms with Gasteiger partial charge in [0.1, 0.15) is 17.2 Å². The summed E-state index contributed by atoms with van der Waals surface area (Å²) < 4.78 is 25.2. The first-order valence-corrected chi connectivity index (χ1v) is 14.7. The molecule has 0 spiro atoms. The van der Waals surface area contributed by atoms with E-state index < -0.39 is 72.8 Å². The van der Waals surface area contributed by atoms with Gasteiger partial charge in [-0.05, 0) is 37.6 Å². The number of aliphatic hydroxyl groups is 1. The topological polar surface area (TPSA) is 206 Å². The van der Waals surface area contributed by atoms with E-state index in [1.807, 2.05) is 6.07 Å². The van der Waals surface area contributed by atoms with Gasteiger partial charge in [-0.2, -0.15) is 0 Å². The fourth-order valence-electron chi connectivity index (χ4n) is 4.22. The summed E-state index contributed by atoms with van der Waals surface area (Å²) in [4.78, 5) is 86.6. The van der Waals surface area contributed by atoms with E-state index in [1.54, 1.807) is 50.3 Å². The average molecular weight is 757 g/mol. The standard InChI is InChI=1S/C35H32O14.2K.2H/c1-3-5-7-16-28(36)48-30(38)19-27(33(41)49-29(37)17-8-6-4-2)47-32(40)21-35(44,34(42)43)20-31(39)46-26-15-11-14-25-23(26)18-22-12-9-10-13-24(22)45-25;;;;/h3-17,27,44H,18-21H2,1-2H3,(H,42,43);;;;/q;2*+1;2*-1/b5-3+,6-4+,16-7+,17-8+;;;;. The van der Waals surface area contributed by atoms with Crippen LogP contribution >= 0.6 is 0 Å². The van der Waals surface area contributed by atoms with E-state index in [9.17, 15) is 43.8 Å². The SMILES string of the molecule is C/C=C/C=C/C(=O)OC(=O)CC(OC(=O)CC(O)(CC(=O)Oc1cccc2c1Cc1ccccc1O2)C(=O)O)C(=O)OC(=O)/C=C/C=C/C.[H-].[H-].[K+].[K+]. The maximum atomic E-state index is 12.9. The van der Waals surface area contributed by atoms with Gasteiger partial charge in [0.05, 0.1) is 19.3 Å². The van der Waals surface area contributed by atoms with Crippen LogP contribution in [0.15, 0.2) is 91.1 Å². The molecule has 0 saturated heterocycles. The first kappa shape index (κ1) is 46.1. The Labute approximate surface area is 380 Å². The van der Waals surface area contributed by atoms with Crippen LogP contribution in [0.3, 0.4) is 0 Å². The molecule has 2 aromatic rings. The number of carbonyl (C=O) groups excluding carboxylic acids is 6. The van der Waals surface area contributed by atoms with Gasteiger partial charge in [0.15, 0.2) is 5.60 Å². The van der Waals surface area contributed by atoms with Crippen LogP contribution < -0.4 is 112 Å². The third kappa shape index (κ3) is 14.9. The van der Waals surface area contributed by atoms with E-state index in [4.69, 9.17) is 14.2 Å². The van der Waals surface area contributed by atoms with Gasteiger partial charge in [-0.3, -0.25) is 14.4 Å². The van der Waals surface area contributed by atoms with Crippen molar-refractivity contribution < 1.29 is 173 Å². The number of hydrogen-bond donors (Lipinski definition) is 2. The van der Waals surface area contributed by atoms with Gasteiger partial charge in [0.2, 0.25) is 6.10 Å². The molecule has 3 rings (SSSR count). The summed E-state index contributed by atoms with van der Waals surface area (Å²) in [7, 11) is 0. The van der Waals surface area contributed by atoms with Crippen molar-refractivity contribution in [3.63, 3.8) is 0 Å². The molecule has 0 fully saturated rings. The zero-order valence-electron chi connectivity index (χ0n) is 30.4. The van der Waals surface area contributed by atoms with Gasteiger partial charge in [0.25, 0.3) is 0 Å². The Balaban J connectivity index is 0. The third-order valence-electron chi connectivity index (χ3n) is 6.52. The fourth-order valence-corrected chi connectivity index (χ4v) is 4.22. The molecule has 2 unspecified atom stereocenters. The first-order valence-electron chi connectivity index (χ1n) is 14.7. The molecule has 0 aromatic heterocycles. The summed E-state index contributed by atoms with van der Waals surface area (Å²) in [6.45, 7) is 3.32. The third-order valence-corrected chi connectivity index (χ3v) is 6.52. The van der Waals surface area contributed by atoms with Crippen LogP contribution in [0.1, 0.15) is 47.1 Å². The van der Waals surface area contributed by atoms with E-state index >= 15 is 0 Å². The van der Waals surface area contributed by atoms with Crippen LogP contribution in [0.4, 0.5) is 0 Å². The number of carboxylic acids is 1. The molecule has 51 heavy (non-hydrogen) atoms. The maximum absolute atomic E-state index is 12.9. The number of carboxylic acid groups (broad SMARTS) is 1. The fraction of sp³-hybridized carbons (Fsp3) is 0.229. The zero-order valence-corrected chi connectivity index (χ0v) is 34.6. The number of hydrogen-bond acceptors (Lipinski definition) is 13. The smallest absolute Gasteiger partial charge is 1.00 e.